The van der Waals surface area contributed by atoms with Gasteiger partial charge in [-0.2, -0.15) is 0 Å². The Bertz CT molecular complexity index is 740. The summed E-state index contributed by atoms with van der Waals surface area (Å²) in [7, 11) is 0. The van der Waals surface area contributed by atoms with E-state index in [-0.39, 0.29) is 18.4 Å². The summed E-state index contributed by atoms with van der Waals surface area (Å²) in [6, 6.07) is 19.5. The second-order valence-electron chi connectivity index (χ2n) is 6.11. The van der Waals surface area contributed by atoms with Crippen LogP contribution in [0.1, 0.15) is 24.0 Å². The molecule has 0 N–H and O–H groups in total. The molecule has 1 aliphatic heterocycles. The van der Waals surface area contributed by atoms with Crippen molar-refractivity contribution in [3.05, 3.63) is 84.1 Å². The molecule has 4 nitrogen and oxygen atoms in total. The lowest BCUT2D eigenvalue weighted by molar-refractivity contribution is -0.116. The topological polar surface area (TPSA) is 46.6 Å². The summed E-state index contributed by atoms with van der Waals surface area (Å²) in [6.45, 7) is 0.226. The van der Waals surface area contributed by atoms with Crippen LogP contribution in [0.5, 0.6) is 0 Å². The Hall–Kier alpha value is -2.88. The average molecular weight is 335 g/mol. The van der Waals surface area contributed by atoms with Crippen LogP contribution in [0, 0.1) is 0 Å². The molecule has 0 saturated heterocycles. The van der Waals surface area contributed by atoms with Gasteiger partial charge in [0, 0.05) is 18.7 Å². The van der Waals surface area contributed by atoms with Gasteiger partial charge in [0.15, 0.2) is 5.78 Å². The molecule has 4 heteroatoms. The van der Waals surface area contributed by atoms with E-state index in [4.69, 9.17) is 4.74 Å². The van der Waals surface area contributed by atoms with E-state index in [9.17, 15) is 9.59 Å². The number of ether oxygens (including phenoxy) is 1. The number of benzene rings is 2. The summed E-state index contributed by atoms with van der Waals surface area (Å²) in [4.78, 5) is 25.8. The number of nitrogens with zero attached hydrogens (tertiary/aromatic N) is 1. The number of hydrogen-bond donors (Lipinski definition) is 0. The lowest BCUT2D eigenvalue weighted by Gasteiger charge is -2.30. The average Bonchev–Trinajstić information content (AvgIpc) is 2.66. The molecule has 0 aromatic heterocycles. The maximum Gasteiger partial charge on any atom is 0.414 e. The summed E-state index contributed by atoms with van der Waals surface area (Å²) in [5, 5.41) is 0. The van der Waals surface area contributed by atoms with Crippen molar-refractivity contribution in [2.75, 3.05) is 0 Å². The maximum atomic E-state index is 12.4. The number of carbonyl (C=O) groups excluding carboxylic acids is 2. The Morgan fingerprint density at radius 2 is 1.64 bits per heavy atom. The molecule has 0 saturated carbocycles. The predicted molar refractivity (Wildman–Crippen MR) is 95.8 cm³/mol. The molecule has 1 heterocycles. The van der Waals surface area contributed by atoms with Crippen LogP contribution in [0.3, 0.4) is 0 Å². The Morgan fingerprint density at radius 1 is 1.00 bits per heavy atom. The Labute approximate surface area is 147 Å². The molecule has 0 bridgehead atoms. The van der Waals surface area contributed by atoms with E-state index in [0.29, 0.717) is 6.42 Å². The fraction of sp³-hybridized carbons (Fsp3) is 0.238. The van der Waals surface area contributed by atoms with Crippen molar-refractivity contribution < 1.29 is 14.3 Å². The molecular formula is C21H21NO3. The van der Waals surface area contributed by atoms with Crippen LogP contribution in [-0.2, 0) is 22.6 Å². The van der Waals surface area contributed by atoms with Crippen LogP contribution in [0.2, 0.25) is 0 Å². The number of ketones is 1. The first-order chi connectivity index (χ1) is 12.2. The van der Waals surface area contributed by atoms with Crippen LogP contribution in [0.15, 0.2) is 72.9 Å². The van der Waals surface area contributed by atoms with Gasteiger partial charge >= 0.3 is 6.09 Å². The van der Waals surface area contributed by atoms with E-state index >= 15 is 0 Å². The number of aryl methyl sites for hydroxylation is 1. The predicted octanol–water partition coefficient (Wildman–Crippen LogP) is 4.11. The van der Waals surface area contributed by atoms with Crippen molar-refractivity contribution in [2.24, 2.45) is 0 Å². The van der Waals surface area contributed by atoms with Gasteiger partial charge in [0.1, 0.15) is 6.61 Å². The van der Waals surface area contributed by atoms with Gasteiger partial charge in [0.05, 0.1) is 0 Å². The highest BCUT2D eigenvalue weighted by molar-refractivity contribution is 5.92. The van der Waals surface area contributed by atoms with Gasteiger partial charge in [-0.3, -0.25) is 9.69 Å². The van der Waals surface area contributed by atoms with Crippen LogP contribution < -0.4 is 0 Å². The Morgan fingerprint density at radius 3 is 2.32 bits per heavy atom. The number of rotatable bonds is 5. The van der Waals surface area contributed by atoms with Crippen LogP contribution in [0.25, 0.3) is 0 Å². The monoisotopic (exact) mass is 335 g/mol. The van der Waals surface area contributed by atoms with E-state index in [1.54, 1.807) is 11.1 Å². The third-order valence-electron chi connectivity index (χ3n) is 4.28. The summed E-state index contributed by atoms with van der Waals surface area (Å²) < 4.78 is 5.41. The van der Waals surface area contributed by atoms with Crippen molar-refractivity contribution in [2.45, 2.75) is 31.9 Å². The molecule has 0 radical (unpaired) electrons. The molecule has 0 spiro atoms. The summed E-state index contributed by atoms with van der Waals surface area (Å²) in [5.74, 6) is 0.0465. The number of amides is 1. The van der Waals surface area contributed by atoms with Gasteiger partial charge in [0.25, 0.3) is 0 Å². The van der Waals surface area contributed by atoms with Gasteiger partial charge < -0.3 is 4.74 Å². The van der Waals surface area contributed by atoms with Crippen molar-refractivity contribution in [1.29, 1.82) is 0 Å². The number of hydrogen-bond acceptors (Lipinski definition) is 3. The normalized spacial score (nSPS) is 16.7. The van der Waals surface area contributed by atoms with Gasteiger partial charge in [-0.05, 0) is 30.0 Å². The smallest absolute Gasteiger partial charge is 0.414 e. The van der Waals surface area contributed by atoms with Crippen LogP contribution >= 0.6 is 0 Å². The van der Waals surface area contributed by atoms with Crippen molar-refractivity contribution >= 4 is 11.9 Å². The number of carbonyl (C=O) groups is 2. The fourth-order valence-corrected chi connectivity index (χ4v) is 2.91. The van der Waals surface area contributed by atoms with Gasteiger partial charge in [-0.15, -0.1) is 0 Å². The minimum Gasteiger partial charge on any atom is -0.444 e. The molecule has 0 fully saturated rings. The molecule has 3 rings (SSSR count). The first-order valence-corrected chi connectivity index (χ1v) is 8.46. The molecule has 1 unspecified atom stereocenters. The van der Waals surface area contributed by atoms with E-state index in [2.05, 4.69) is 12.1 Å². The van der Waals surface area contributed by atoms with Gasteiger partial charge in [-0.1, -0.05) is 60.7 Å². The van der Waals surface area contributed by atoms with Crippen molar-refractivity contribution in [3.8, 4) is 0 Å². The second-order valence-corrected chi connectivity index (χ2v) is 6.11. The fourth-order valence-electron chi connectivity index (χ4n) is 2.91. The standard InChI is InChI=1S/C21H21NO3/c23-20-13-14-22(21(24)25-16-18-9-5-2-6-10-18)19(15-20)12-11-17-7-3-1-4-8-17/h1-10,13-14,19H,11-12,15-16H2. The first-order valence-electron chi connectivity index (χ1n) is 8.46. The Balaban J connectivity index is 1.61. The van der Waals surface area contributed by atoms with Crippen LogP contribution in [0.4, 0.5) is 4.79 Å². The zero-order valence-electron chi connectivity index (χ0n) is 14.0. The first kappa shape index (κ1) is 17.0. The van der Waals surface area contributed by atoms with E-state index in [1.807, 2.05) is 48.5 Å². The number of allylic oxidation sites excluding steroid dienone is 1. The van der Waals surface area contributed by atoms with Gasteiger partial charge in [0.2, 0.25) is 0 Å². The van der Waals surface area contributed by atoms with Crippen LogP contribution in [-0.4, -0.2) is 22.8 Å². The molecule has 25 heavy (non-hydrogen) atoms. The lowest BCUT2D eigenvalue weighted by atomic mass is 9.98. The zero-order valence-corrected chi connectivity index (χ0v) is 14.0. The molecule has 128 valence electrons. The molecule has 1 atom stereocenters. The van der Waals surface area contributed by atoms with E-state index in [0.717, 1.165) is 18.4 Å². The SMILES string of the molecule is O=C1C=CN(C(=O)OCc2ccccc2)C(CCc2ccccc2)C1. The van der Waals surface area contributed by atoms with E-state index < -0.39 is 6.09 Å². The molecule has 1 aliphatic rings. The largest absolute Gasteiger partial charge is 0.444 e. The minimum absolute atomic E-state index is 0.0465. The highest BCUT2D eigenvalue weighted by atomic mass is 16.6. The third kappa shape index (κ3) is 4.80. The lowest BCUT2D eigenvalue weighted by Crippen LogP contribution is -2.40. The van der Waals surface area contributed by atoms with E-state index in [1.165, 1.54) is 11.6 Å². The quantitative estimate of drug-likeness (QED) is 0.826. The molecular weight excluding hydrogens is 314 g/mol. The summed E-state index contributed by atoms with van der Waals surface area (Å²) >= 11 is 0. The summed E-state index contributed by atoms with van der Waals surface area (Å²) in [6.07, 6.45) is 4.46. The molecule has 2 aromatic rings. The highest BCUT2D eigenvalue weighted by Gasteiger charge is 2.28. The minimum atomic E-state index is -0.411. The summed E-state index contributed by atoms with van der Waals surface area (Å²) in [5.41, 5.74) is 2.14. The van der Waals surface area contributed by atoms with Crippen molar-refractivity contribution in [3.63, 3.8) is 0 Å². The van der Waals surface area contributed by atoms with Gasteiger partial charge in [-0.25, -0.2) is 4.79 Å². The van der Waals surface area contributed by atoms with Crippen molar-refractivity contribution in [1.82, 2.24) is 4.90 Å². The molecule has 1 amide bonds. The Kier molecular flexibility index (Phi) is 5.62. The highest BCUT2D eigenvalue weighted by Crippen LogP contribution is 2.20. The maximum absolute atomic E-state index is 12.4. The molecule has 2 aromatic carbocycles. The second kappa shape index (κ2) is 8.29. The third-order valence-corrected chi connectivity index (χ3v) is 4.28. The molecule has 0 aliphatic carbocycles. The zero-order chi connectivity index (χ0) is 17.5.